The first-order chi connectivity index (χ1) is 12.9. The van der Waals surface area contributed by atoms with Crippen molar-refractivity contribution >= 4 is 11.9 Å². The Labute approximate surface area is 160 Å². The standard InChI is InChI=1S/C20H29NO6/c1-12-8-6-7-9-15(12)21-19(22)13(2)27-20(23)14-10-11-16(24-3)18(26-5)17(14)25-4/h10-13,15H,6-9H2,1-5H3,(H,21,22)/t12-,13+,15+/m0/s1. The van der Waals surface area contributed by atoms with Crippen LogP contribution in [0.1, 0.15) is 49.9 Å². The monoisotopic (exact) mass is 379 g/mol. The lowest BCUT2D eigenvalue weighted by Gasteiger charge is -2.30. The van der Waals surface area contributed by atoms with E-state index in [1.54, 1.807) is 13.0 Å². The van der Waals surface area contributed by atoms with Crippen LogP contribution in [-0.4, -0.2) is 45.4 Å². The molecule has 0 radical (unpaired) electrons. The Balaban J connectivity index is 2.08. The number of hydrogen-bond acceptors (Lipinski definition) is 6. The minimum absolute atomic E-state index is 0.128. The zero-order valence-corrected chi connectivity index (χ0v) is 16.7. The highest BCUT2D eigenvalue weighted by molar-refractivity contribution is 5.96. The number of nitrogens with one attached hydrogen (secondary N) is 1. The molecule has 1 N–H and O–H groups in total. The highest BCUT2D eigenvalue weighted by atomic mass is 16.6. The average Bonchev–Trinajstić information content (AvgIpc) is 2.67. The Morgan fingerprint density at radius 1 is 1.04 bits per heavy atom. The smallest absolute Gasteiger partial charge is 0.342 e. The molecule has 1 aliphatic carbocycles. The van der Waals surface area contributed by atoms with Gasteiger partial charge >= 0.3 is 5.97 Å². The van der Waals surface area contributed by atoms with Crippen molar-refractivity contribution < 1.29 is 28.5 Å². The first kappa shape index (κ1) is 20.9. The summed E-state index contributed by atoms with van der Waals surface area (Å²) >= 11 is 0. The van der Waals surface area contributed by atoms with E-state index in [9.17, 15) is 9.59 Å². The van der Waals surface area contributed by atoms with Crippen LogP contribution in [0.5, 0.6) is 17.2 Å². The third-order valence-corrected chi connectivity index (χ3v) is 5.02. The molecule has 0 saturated heterocycles. The van der Waals surface area contributed by atoms with Crippen molar-refractivity contribution in [1.82, 2.24) is 5.32 Å². The predicted molar refractivity (Wildman–Crippen MR) is 101 cm³/mol. The Bertz CT molecular complexity index is 675. The molecular weight excluding hydrogens is 350 g/mol. The highest BCUT2D eigenvalue weighted by Crippen LogP contribution is 2.40. The molecule has 1 saturated carbocycles. The minimum atomic E-state index is -0.913. The normalized spacial score (nSPS) is 20.3. The lowest BCUT2D eigenvalue weighted by Crippen LogP contribution is -2.46. The molecular formula is C20H29NO6. The Kier molecular flexibility index (Phi) is 7.33. The maximum Gasteiger partial charge on any atom is 0.342 e. The fourth-order valence-corrected chi connectivity index (χ4v) is 3.37. The second-order valence-electron chi connectivity index (χ2n) is 6.81. The van der Waals surface area contributed by atoms with E-state index in [4.69, 9.17) is 18.9 Å². The van der Waals surface area contributed by atoms with Crippen LogP contribution in [-0.2, 0) is 9.53 Å². The molecule has 0 aromatic heterocycles. The molecule has 1 aromatic rings. The Morgan fingerprint density at radius 3 is 2.30 bits per heavy atom. The van der Waals surface area contributed by atoms with Crippen molar-refractivity contribution in [2.24, 2.45) is 5.92 Å². The molecule has 1 aliphatic rings. The number of methoxy groups -OCH3 is 3. The molecule has 7 heteroatoms. The fourth-order valence-electron chi connectivity index (χ4n) is 3.37. The number of benzene rings is 1. The van der Waals surface area contributed by atoms with Crippen molar-refractivity contribution in [3.8, 4) is 17.2 Å². The van der Waals surface area contributed by atoms with Crippen molar-refractivity contribution in [1.29, 1.82) is 0 Å². The molecule has 0 unspecified atom stereocenters. The van der Waals surface area contributed by atoms with Gasteiger partial charge in [0.25, 0.3) is 5.91 Å². The summed E-state index contributed by atoms with van der Waals surface area (Å²) in [4.78, 5) is 25.0. The van der Waals surface area contributed by atoms with Gasteiger partial charge in [0.1, 0.15) is 5.56 Å². The van der Waals surface area contributed by atoms with E-state index in [-0.39, 0.29) is 23.3 Å². The summed E-state index contributed by atoms with van der Waals surface area (Å²) in [5, 5.41) is 3.00. The van der Waals surface area contributed by atoms with Crippen LogP contribution in [0.15, 0.2) is 12.1 Å². The summed E-state index contributed by atoms with van der Waals surface area (Å²) in [6.45, 7) is 3.70. The molecule has 0 spiro atoms. The molecule has 1 amide bonds. The second-order valence-corrected chi connectivity index (χ2v) is 6.81. The van der Waals surface area contributed by atoms with Crippen LogP contribution in [0.25, 0.3) is 0 Å². The summed E-state index contributed by atoms with van der Waals surface area (Å²) in [6, 6.07) is 3.24. The zero-order chi connectivity index (χ0) is 20.0. The molecule has 0 aliphatic heterocycles. The van der Waals surface area contributed by atoms with Gasteiger partial charge in [-0.05, 0) is 37.8 Å². The lowest BCUT2D eigenvalue weighted by atomic mass is 9.86. The third-order valence-electron chi connectivity index (χ3n) is 5.02. The molecule has 2 rings (SSSR count). The van der Waals surface area contributed by atoms with Crippen LogP contribution >= 0.6 is 0 Å². The first-order valence-corrected chi connectivity index (χ1v) is 9.23. The molecule has 0 heterocycles. The van der Waals surface area contributed by atoms with Gasteiger partial charge in [0.2, 0.25) is 5.75 Å². The maximum absolute atomic E-state index is 12.6. The number of ether oxygens (including phenoxy) is 4. The van der Waals surface area contributed by atoms with E-state index in [1.807, 2.05) is 0 Å². The van der Waals surface area contributed by atoms with Gasteiger partial charge < -0.3 is 24.3 Å². The van der Waals surface area contributed by atoms with E-state index in [2.05, 4.69) is 12.2 Å². The van der Waals surface area contributed by atoms with E-state index < -0.39 is 12.1 Å². The van der Waals surface area contributed by atoms with Gasteiger partial charge in [-0.3, -0.25) is 4.79 Å². The molecule has 1 fully saturated rings. The summed E-state index contributed by atoms with van der Waals surface area (Å²) in [5.74, 6) is 0.408. The number of esters is 1. The Morgan fingerprint density at radius 2 is 1.70 bits per heavy atom. The van der Waals surface area contributed by atoms with Gasteiger partial charge in [0, 0.05) is 6.04 Å². The van der Waals surface area contributed by atoms with Gasteiger partial charge in [-0.25, -0.2) is 4.79 Å². The van der Waals surface area contributed by atoms with Crippen LogP contribution < -0.4 is 19.5 Å². The quantitative estimate of drug-likeness (QED) is 0.734. The molecule has 27 heavy (non-hydrogen) atoms. The molecule has 0 bridgehead atoms. The molecule has 7 nitrogen and oxygen atoms in total. The van der Waals surface area contributed by atoms with Crippen molar-refractivity contribution in [2.75, 3.05) is 21.3 Å². The van der Waals surface area contributed by atoms with Crippen LogP contribution in [0.2, 0.25) is 0 Å². The fraction of sp³-hybridized carbons (Fsp3) is 0.600. The molecule has 3 atom stereocenters. The van der Waals surface area contributed by atoms with Crippen molar-refractivity contribution in [3.05, 3.63) is 17.7 Å². The Hall–Kier alpha value is -2.44. The number of rotatable bonds is 7. The second kappa shape index (κ2) is 9.48. The van der Waals surface area contributed by atoms with Gasteiger partial charge in [-0.2, -0.15) is 0 Å². The SMILES string of the molecule is COc1ccc(C(=O)O[C@H](C)C(=O)N[C@@H]2CCCC[C@@H]2C)c(OC)c1OC. The van der Waals surface area contributed by atoms with Gasteiger partial charge in [0.15, 0.2) is 17.6 Å². The van der Waals surface area contributed by atoms with E-state index in [0.29, 0.717) is 17.4 Å². The molecule has 1 aromatic carbocycles. The number of hydrogen-bond donors (Lipinski definition) is 1. The summed E-state index contributed by atoms with van der Waals surface area (Å²) in [6.07, 6.45) is 3.44. The first-order valence-electron chi connectivity index (χ1n) is 9.23. The van der Waals surface area contributed by atoms with Crippen molar-refractivity contribution in [3.63, 3.8) is 0 Å². The van der Waals surface area contributed by atoms with Crippen LogP contribution in [0, 0.1) is 5.92 Å². The molecule has 150 valence electrons. The van der Waals surface area contributed by atoms with Gasteiger partial charge in [0.05, 0.1) is 21.3 Å². The number of amides is 1. The maximum atomic E-state index is 12.6. The third kappa shape index (κ3) is 4.84. The minimum Gasteiger partial charge on any atom is -0.493 e. The number of carbonyl (C=O) groups is 2. The van der Waals surface area contributed by atoms with Crippen molar-refractivity contribution in [2.45, 2.75) is 51.7 Å². The van der Waals surface area contributed by atoms with Gasteiger partial charge in [-0.15, -0.1) is 0 Å². The summed E-state index contributed by atoms with van der Waals surface area (Å²) < 4.78 is 21.1. The average molecular weight is 379 g/mol. The highest BCUT2D eigenvalue weighted by Gasteiger charge is 2.28. The largest absolute Gasteiger partial charge is 0.493 e. The number of carbonyl (C=O) groups excluding carboxylic acids is 2. The van der Waals surface area contributed by atoms with E-state index >= 15 is 0 Å². The topological polar surface area (TPSA) is 83.1 Å². The van der Waals surface area contributed by atoms with Crippen LogP contribution in [0.3, 0.4) is 0 Å². The van der Waals surface area contributed by atoms with E-state index in [1.165, 1.54) is 33.8 Å². The summed E-state index contributed by atoms with van der Waals surface area (Å²) in [5.41, 5.74) is 0.167. The van der Waals surface area contributed by atoms with Gasteiger partial charge in [-0.1, -0.05) is 19.8 Å². The zero-order valence-electron chi connectivity index (χ0n) is 16.7. The summed E-state index contributed by atoms with van der Waals surface area (Å²) in [7, 11) is 4.37. The van der Waals surface area contributed by atoms with E-state index in [0.717, 1.165) is 19.3 Å². The van der Waals surface area contributed by atoms with Crippen LogP contribution in [0.4, 0.5) is 0 Å². The predicted octanol–water partition coefficient (Wildman–Crippen LogP) is 2.95. The lowest BCUT2D eigenvalue weighted by molar-refractivity contribution is -0.130.